The van der Waals surface area contributed by atoms with Gasteiger partial charge in [0.2, 0.25) is 0 Å². The maximum atomic E-state index is 12.4. The summed E-state index contributed by atoms with van der Waals surface area (Å²) in [5.41, 5.74) is 2.00. The highest BCUT2D eigenvalue weighted by molar-refractivity contribution is 7.80. The zero-order chi connectivity index (χ0) is 21.5. The minimum Gasteiger partial charge on any atom is -0.479 e. The third-order valence-electron chi connectivity index (χ3n) is 4.53. The fourth-order valence-electron chi connectivity index (χ4n) is 2.90. The fraction of sp³-hybridized carbons (Fsp3) is 0.333. The van der Waals surface area contributed by atoms with Crippen molar-refractivity contribution >= 4 is 52.1 Å². The lowest BCUT2D eigenvalue weighted by Crippen LogP contribution is -2.42. The number of nitrogens with zero attached hydrogens (tertiary/aromatic N) is 1. The van der Waals surface area contributed by atoms with E-state index in [9.17, 15) is 4.79 Å². The number of carbonyl (C=O) groups excluding carboxylic acids is 1. The van der Waals surface area contributed by atoms with Gasteiger partial charge < -0.3 is 14.8 Å². The predicted molar refractivity (Wildman–Crippen MR) is 123 cm³/mol. The van der Waals surface area contributed by atoms with Crippen LogP contribution in [0, 0.1) is 0 Å². The highest BCUT2D eigenvalue weighted by Crippen LogP contribution is 2.28. The number of hydrogen-bond donors (Lipinski definition) is 2. The molecule has 30 heavy (non-hydrogen) atoms. The molecule has 1 aliphatic rings. The summed E-state index contributed by atoms with van der Waals surface area (Å²) in [5, 5.41) is 6.65. The summed E-state index contributed by atoms with van der Waals surface area (Å²) in [7, 11) is 0. The van der Waals surface area contributed by atoms with Gasteiger partial charge in [0.05, 0.1) is 18.2 Å². The number of morpholine rings is 1. The van der Waals surface area contributed by atoms with E-state index in [1.54, 1.807) is 25.1 Å². The van der Waals surface area contributed by atoms with Crippen LogP contribution < -0.4 is 15.4 Å². The number of anilines is 1. The zero-order valence-corrected chi connectivity index (χ0v) is 18.8. The Hall–Kier alpha value is -1.90. The highest BCUT2D eigenvalue weighted by Gasteiger charge is 2.17. The Balaban J connectivity index is 1.47. The average molecular weight is 468 g/mol. The van der Waals surface area contributed by atoms with E-state index < -0.39 is 6.10 Å². The Bertz CT molecular complexity index is 890. The van der Waals surface area contributed by atoms with Crippen LogP contribution in [0.4, 0.5) is 5.69 Å². The van der Waals surface area contributed by atoms with Gasteiger partial charge in [-0.05, 0) is 55.0 Å². The van der Waals surface area contributed by atoms with Crippen molar-refractivity contribution in [3.05, 3.63) is 58.1 Å². The standard InChI is InChI=1S/C21H23Cl2N3O3S/c1-14(29-19-7-4-16(22)12-18(19)23)20(27)25-21(30)24-17-5-2-15(3-6-17)13-26-8-10-28-11-9-26/h2-7,12,14H,8-11,13H2,1H3,(H2,24,25,27,30). The van der Waals surface area contributed by atoms with Gasteiger partial charge in [0.25, 0.3) is 5.91 Å². The molecule has 0 spiro atoms. The molecule has 1 aliphatic heterocycles. The van der Waals surface area contributed by atoms with Crippen molar-refractivity contribution in [1.82, 2.24) is 10.2 Å². The van der Waals surface area contributed by atoms with Crippen molar-refractivity contribution in [3.63, 3.8) is 0 Å². The third kappa shape index (κ3) is 6.82. The predicted octanol–water partition coefficient (Wildman–Crippen LogP) is 4.11. The number of carbonyl (C=O) groups is 1. The molecule has 2 N–H and O–H groups in total. The normalized spacial score (nSPS) is 15.3. The average Bonchev–Trinajstić information content (AvgIpc) is 2.72. The van der Waals surface area contributed by atoms with Crippen LogP contribution in [0.3, 0.4) is 0 Å². The topological polar surface area (TPSA) is 62.8 Å². The van der Waals surface area contributed by atoms with Gasteiger partial charge in [0.1, 0.15) is 5.75 Å². The van der Waals surface area contributed by atoms with Crippen LogP contribution in [0.2, 0.25) is 10.0 Å². The van der Waals surface area contributed by atoms with Crippen molar-refractivity contribution < 1.29 is 14.3 Å². The van der Waals surface area contributed by atoms with Gasteiger partial charge in [0.15, 0.2) is 11.2 Å². The molecule has 1 amide bonds. The van der Waals surface area contributed by atoms with Crippen molar-refractivity contribution in [2.75, 3.05) is 31.6 Å². The molecule has 1 atom stereocenters. The van der Waals surface area contributed by atoms with E-state index in [0.717, 1.165) is 38.5 Å². The summed E-state index contributed by atoms with van der Waals surface area (Å²) in [4.78, 5) is 14.7. The van der Waals surface area contributed by atoms with Gasteiger partial charge in [-0.1, -0.05) is 35.3 Å². The number of hydrogen-bond acceptors (Lipinski definition) is 5. The number of halogens is 2. The summed E-state index contributed by atoms with van der Waals surface area (Å²) >= 11 is 17.2. The monoisotopic (exact) mass is 467 g/mol. The largest absolute Gasteiger partial charge is 0.479 e. The number of benzene rings is 2. The van der Waals surface area contributed by atoms with Crippen LogP contribution in [0.15, 0.2) is 42.5 Å². The summed E-state index contributed by atoms with van der Waals surface area (Å²) < 4.78 is 11.0. The molecule has 0 radical (unpaired) electrons. The number of rotatable bonds is 6. The van der Waals surface area contributed by atoms with Gasteiger partial charge in [0, 0.05) is 30.3 Å². The van der Waals surface area contributed by atoms with E-state index >= 15 is 0 Å². The van der Waals surface area contributed by atoms with E-state index in [4.69, 9.17) is 44.9 Å². The molecule has 3 rings (SSSR count). The van der Waals surface area contributed by atoms with Crippen LogP contribution in [-0.2, 0) is 16.1 Å². The first-order chi connectivity index (χ1) is 14.4. The summed E-state index contributed by atoms with van der Waals surface area (Å²) in [6, 6.07) is 12.8. The Morgan fingerprint density at radius 1 is 1.20 bits per heavy atom. The third-order valence-corrected chi connectivity index (χ3v) is 5.26. The van der Waals surface area contributed by atoms with Crippen LogP contribution in [0.5, 0.6) is 5.75 Å². The molecule has 9 heteroatoms. The van der Waals surface area contributed by atoms with Gasteiger partial charge in [-0.2, -0.15) is 0 Å². The molecule has 1 saturated heterocycles. The maximum Gasteiger partial charge on any atom is 0.266 e. The number of amides is 1. The van der Waals surface area contributed by atoms with Gasteiger partial charge in [-0.15, -0.1) is 0 Å². The lowest BCUT2D eigenvalue weighted by Gasteiger charge is -2.26. The summed E-state index contributed by atoms with van der Waals surface area (Å²) in [6.07, 6.45) is -0.792. The lowest BCUT2D eigenvalue weighted by atomic mass is 10.2. The molecule has 1 unspecified atom stereocenters. The van der Waals surface area contributed by atoms with Crippen LogP contribution in [-0.4, -0.2) is 48.3 Å². The first-order valence-electron chi connectivity index (χ1n) is 9.53. The van der Waals surface area contributed by atoms with Crippen LogP contribution in [0.25, 0.3) is 0 Å². The summed E-state index contributed by atoms with van der Waals surface area (Å²) in [5.74, 6) is -0.0131. The fourth-order valence-corrected chi connectivity index (χ4v) is 3.57. The molecule has 1 fully saturated rings. The molecule has 0 aromatic heterocycles. The smallest absolute Gasteiger partial charge is 0.266 e. The molecule has 160 valence electrons. The molecule has 2 aromatic carbocycles. The van der Waals surface area contributed by atoms with Crippen molar-refractivity contribution in [2.24, 2.45) is 0 Å². The molecular weight excluding hydrogens is 445 g/mol. The molecule has 0 bridgehead atoms. The SMILES string of the molecule is CC(Oc1ccc(Cl)cc1Cl)C(=O)NC(=S)Nc1ccc(CN2CCOCC2)cc1. The van der Waals surface area contributed by atoms with E-state index in [1.165, 1.54) is 5.56 Å². The second kappa shape index (κ2) is 10.9. The Labute approximate surface area is 191 Å². The number of nitrogens with one attached hydrogen (secondary N) is 2. The van der Waals surface area contributed by atoms with Gasteiger partial charge >= 0.3 is 0 Å². The molecule has 2 aromatic rings. The molecule has 6 nitrogen and oxygen atoms in total. The van der Waals surface area contributed by atoms with Crippen molar-refractivity contribution in [3.8, 4) is 5.75 Å². The minimum absolute atomic E-state index is 0.193. The molecule has 1 heterocycles. The van der Waals surface area contributed by atoms with E-state index in [-0.39, 0.29) is 11.0 Å². The van der Waals surface area contributed by atoms with E-state index in [2.05, 4.69) is 15.5 Å². The first-order valence-corrected chi connectivity index (χ1v) is 10.7. The Kier molecular flexibility index (Phi) is 8.30. The maximum absolute atomic E-state index is 12.4. The second-order valence-corrected chi connectivity index (χ2v) is 8.12. The molecular formula is C21H23Cl2N3O3S. The Morgan fingerprint density at radius 2 is 1.90 bits per heavy atom. The number of ether oxygens (including phenoxy) is 2. The number of thiocarbonyl (C=S) groups is 1. The second-order valence-electron chi connectivity index (χ2n) is 6.86. The first kappa shape index (κ1) is 22.8. The molecule has 0 saturated carbocycles. The zero-order valence-electron chi connectivity index (χ0n) is 16.5. The van der Waals surface area contributed by atoms with Crippen LogP contribution in [0.1, 0.15) is 12.5 Å². The molecule has 0 aliphatic carbocycles. The van der Waals surface area contributed by atoms with Gasteiger partial charge in [-0.3, -0.25) is 15.0 Å². The lowest BCUT2D eigenvalue weighted by molar-refractivity contribution is -0.125. The Morgan fingerprint density at radius 3 is 2.57 bits per heavy atom. The van der Waals surface area contributed by atoms with E-state index in [1.807, 2.05) is 24.3 Å². The van der Waals surface area contributed by atoms with Crippen molar-refractivity contribution in [2.45, 2.75) is 19.6 Å². The minimum atomic E-state index is -0.792. The van der Waals surface area contributed by atoms with E-state index in [0.29, 0.717) is 15.8 Å². The highest BCUT2D eigenvalue weighted by atomic mass is 35.5. The van der Waals surface area contributed by atoms with Gasteiger partial charge in [-0.25, -0.2) is 0 Å². The summed E-state index contributed by atoms with van der Waals surface area (Å²) in [6.45, 7) is 5.94. The quantitative estimate of drug-likeness (QED) is 0.623. The van der Waals surface area contributed by atoms with Crippen molar-refractivity contribution in [1.29, 1.82) is 0 Å². The van der Waals surface area contributed by atoms with Crippen LogP contribution >= 0.6 is 35.4 Å².